The van der Waals surface area contributed by atoms with Gasteiger partial charge in [-0.3, -0.25) is 4.79 Å². The molecule has 0 aromatic heterocycles. The van der Waals surface area contributed by atoms with Crippen molar-refractivity contribution in [2.45, 2.75) is 50.4 Å². The molecule has 3 amide bonds. The van der Waals surface area contributed by atoms with Gasteiger partial charge in [-0.05, 0) is 31.0 Å². The van der Waals surface area contributed by atoms with E-state index in [1.54, 1.807) is 25.1 Å². The third-order valence-electron chi connectivity index (χ3n) is 6.09. The highest BCUT2D eigenvalue weighted by Gasteiger charge is 2.38. The number of nitrogens with one attached hydrogen (secondary N) is 1. The fraction of sp³-hybridized carbons (Fsp3) is 0.591. The molecule has 0 bridgehead atoms. The molecule has 174 valence electrons. The van der Waals surface area contributed by atoms with Crippen molar-refractivity contribution < 1.29 is 22.8 Å². The lowest BCUT2D eigenvalue weighted by Gasteiger charge is -2.43. The molecule has 0 radical (unpaired) electrons. The molecule has 2 fully saturated rings. The normalized spacial score (nSPS) is 19.9. The van der Waals surface area contributed by atoms with Crippen LogP contribution in [0.4, 0.5) is 23.7 Å². The van der Waals surface area contributed by atoms with Gasteiger partial charge in [-0.15, -0.1) is 0 Å². The van der Waals surface area contributed by atoms with Crippen molar-refractivity contribution >= 4 is 17.6 Å². The summed E-state index contributed by atoms with van der Waals surface area (Å²) in [6, 6.07) is 4.04. The first-order valence-electron chi connectivity index (χ1n) is 10.8. The average molecular weight is 451 g/mol. The Labute approximate surface area is 185 Å². The van der Waals surface area contributed by atoms with Crippen LogP contribution in [-0.2, 0) is 11.0 Å². The van der Waals surface area contributed by atoms with Crippen LogP contribution in [0.25, 0.3) is 0 Å². The van der Waals surface area contributed by atoms with Gasteiger partial charge in [-0.1, -0.05) is 19.3 Å². The minimum absolute atomic E-state index is 0.0678. The Morgan fingerprint density at radius 1 is 1.16 bits per heavy atom. The zero-order valence-corrected chi connectivity index (χ0v) is 18.3. The fourth-order valence-electron chi connectivity index (χ4n) is 4.34. The van der Waals surface area contributed by atoms with Gasteiger partial charge in [0.25, 0.3) is 0 Å². The molecule has 0 spiro atoms. The molecule has 1 heterocycles. The summed E-state index contributed by atoms with van der Waals surface area (Å²) in [5, 5.41) is 12.0. The van der Waals surface area contributed by atoms with E-state index in [9.17, 15) is 22.8 Å². The van der Waals surface area contributed by atoms with Crippen LogP contribution in [-0.4, -0.2) is 67.6 Å². The Morgan fingerprint density at radius 2 is 1.84 bits per heavy atom. The minimum Gasteiger partial charge on any atom is -0.367 e. The quantitative estimate of drug-likeness (QED) is 0.766. The van der Waals surface area contributed by atoms with Crippen molar-refractivity contribution in [2.24, 2.45) is 0 Å². The van der Waals surface area contributed by atoms with Crippen LogP contribution < -0.4 is 10.2 Å². The number of rotatable bonds is 3. The Bertz CT molecular complexity index is 891. The van der Waals surface area contributed by atoms with Crippen molar-refractivity contribution in [3.63, 3.8) is 0 Å². The van der Waals surface area contributed by atoms with Crippen LogP contribution in [0.15, 0.2) is 18.2 Å². The minimum atomic E-state index is -4.67. The maximum absolute atomic E-state index is 13.4. The summed E-state index contributed by atoms with van der Waals surface area (Å²) in [5.74, 6) is -0.293. The first-order valence-corrected chi connectivity index (χ1v) is 10.8. The Kier molecular flexibility index (Phi) is 7.16. The molecule has 1 aliphatic heterocycles. The number of alkyl halides is 3. The second-order valence-electron chi connectivity index (χ2n) is 8.51. The maximum atomic E-state index is 13.4. The van der Waals surface area contributed by atoms with Gasteiger partial charge < -0.3 is 20.0 Å². The van der Waals surface area contributed by atoms with Crippen LogP contribution in [0.5, 0.6) is 0 Å². The van der Waals surface area contributed by atoms with Gasteiger partial charge in [-0.2, -0.15) is 18.4 Å². The molecule has 2 aliphatic rings. The number of benzene rings is 1. The molecular weight excluding hydrogens is 423 g/mol. The van der Waals surface area contributed by atoms with Gasteiger partial charge in [0, 0.05) is 45.5 Å². The molecular formula is C22H28F3N5O2. The van der Waals surface area contributed by atoms with Crippen molar-refractivity contribution in [3.05, 3.63) is 29.3 Å². The van der Waals surface area contributed by atoms with Crippen LogP contribution in [0.2, 0.25) is 0 Å². The standard InChI is InChI=1S/C22H28F3N5O2/c1-28(2)20(31)19-14-29(17-9-8-15(13-26)18(12-17)22(23,24)25)10-11-30(19)21(32)27-16-6-4-3-5-7-16/h8-9,12,16,19H,3-7,10-11,14H2,1-2H3,(H,27,32). The Hall–Kier alpha value is -2.96. The molecule has 1 saturated carbocycles. The molecule has 3 rings (SSSR count). The maximum Gasteiger partial charge on any atom is 0.417 e. The van der Waals surface area contributed by atoms with Gasteiger partial charge in [0.2, 0.25) is 5.91 Å². The van der Waals surface area contributed by atoms with E-state index in [1.807, 2.05) is 0 Å². The lowest BCUT2D eigenvalue weighted by atomic mass is 9.95. The zero-order chi connectivity index (χ0) is 23.5. The van der Waals surface area contributed by atoms with Crippen LogP contribution in [0.1, 0.15) is 43.2 Å². The summed E-state index contributed by atoms with van der Waals surface area (Å²) < 4.78 is 40.2. The van der Waals surface area contributed by atoms with Gasteiger partial charge in [-0.25, -0.2) is 4.79 Å². The molecule has 32 heavy (non-hydrogen) atoms. The van der Waals surface area contributed by atoms with Gasteiger partial charge in [0.1, 0.15) is 6.04 Å². The third-order valence-corrected chi connectivity index (χ3v) is 6.09. The topological polar surface area (TPSA) is 79.7 Å². The number of hydrogen-bond acceptors (Lipinski definition) is 4. The summed E-state index contributed by atoms with van der Waals surface area (Å²) >= 11 is 0. The smallest absolute Gasteiger partial charge is 0.367 e. The Morgan fingerprint density at radius 3 is 2.44 bits per heavy atom. The molecule has 10 heteroatoms. The molecule has 1 atom stereocenters. The van der Waals surface area contributed by atoms with Gasteiger partial charge in [0.05, 0.1) is 17.2 Å². The van der Waals surface area contributed by atoms with E-state index in [2.05, 4.69) is 5.32 Å². The predicted octanol–water partition coefficient (Wildman–Crippen LogP) is 3.20. The second-order valence-corrected chi connectivity index (χ2v) is 8.51. The van der Waals surface area contributed by atoms with E-state index < -0.39 is 23.3 Å². The molecule has 1 N–H and O–H groups in total. The first-order chi connectivity index (χ1) is 15.1. The molecule has 1 aliphatic carbocycles. The molecule has 1 aromatic rings. The van der Waals surface area contributed by atoms with E-state index >= 15 is 0 Å². The van der Waals surface area contributed by atoms with Crippen LogP contribution in [0.3, 0.4) is 0 Å². The number of carbonyl (C=O) groups is 2. The van der Waals surface area contributed by atoms with Crippen molar-refractivity contribution in [1.82, 2.24) is 15.1 Å². The van der Waals surface area contributed by atoms with E-state index in [0.717, 1.165) is 44.2 Å². The van der Waals surface area contributed by atoms with Gasteiger partial charge in [0.15, 0.2) is 0 Å². The monoisotopic (exact) mass is 451 g/mol. The largest absolute Gasteiger partial charge is 0.417 e. The molecule has 1 unspecified atom stereocenters. The lowest BCUT2D eigenvalue weighted by Crippen LogP contribution is -2.63. The third kappa shape index (κ3) is 5.26. The number of anilines is 1. The number of likely N-dealkylation sites (N-methyl/N-ethyl adjacent to an activating group) is 1. The van der Waals surface area contributed by atoms with Crippen molar-refractivity contribution in [3.8, 4) is 6.07 Å². The van der Waals surface area contributed by atoms with Gasteiger partial charge >= 0.3 is 12.2 Å². The number of nitrogens with zero attached hydrogens (tertiary/aromatic N) is 4. The first kappa shape index (κ1) is 23.7. The number of amides is 3. The van der Waals surface area contributed by atoms with E-state index in [0.29, 0.717) is 0 Å². The fourth-order valence-corrected chi connectivity index (χ4v) is 4.34. The second kappa shape index (κ2) is 9.67. The van der Waals surface area contributed by atoms with E-state index in [-0.39, 0.29) is 43.3 Å². The van der Waals surface area contributed by atoms with Crippen molar-refractivity contribution in [2.75, 3.05) is 38.6 Å². The molecule has 1 saturated heterocycles. The molecule has 7 nitrogen and oxygen atoms in total. The van der Waals surface area contributed by atoms with E-state index in [1.165, 1.54) is 15.9 Å². The number of hydrogen-bond donors (Lipinski definition) is 1. The number of halogens is 3. The average Bonchev–Trinajstić information content (AvgIpc) is 2.77. The summed E-state index contributed by atoms with van der Waals surface area (Å²) in [6.45, 7) is 0.543. The summed E-state index contributed by atoms with van der Waals surface area (Å²) in [6.07, 6.45) is 0.407. The number of carbonyl (C=O) groups excluding carboxylic acids is 2. The SMILES string of the molecule is CN(C)C(=O)C1CN(c2ccc(C#N)c(C(F)(F)F)c2)CCN1C(=O)NC1CCCCC1. The number of urea groups is 1. The summed E-state index contributed by atoms with van der Waals surface area (Å²) in [4.78, 5) is 30.4. The highest BCUT2D eigenvalue weighted by atomic mass is 19.4. The predicted molar refractivity (Wildman–Crippen MR) is 113 cm³/mol. The highest BCUT2D eigenvalue weighted by Crippen LogP contribution is 2.35. The van der Waals surface area contributed by atoms with Crippen molar-refractivity contribution in [1.29, 1.82) is 5.26 Å². The van der Waals surface area contributed by atoms with E-state index in [4.69, 9.17) is 5.26 Å². The zero-order valence-electron chi connectivity index (χ0n) is 18.3. The van der Waals surface area contributed by atoms with Crippen LogP contribution in [0, 0.1) is 11.3 Å². The lowest BCUT2D eigenvalue weighted by molar-refractivity contribution is -0.138. The number of piperazine rings is 1. The summed E-state index contributed by atoms with van der Waals surface area (Å²) in [7, 11) is 3.17. The number of nitriles is 1. The Balaban J connectivity index is 1.82. The molecule has 1 aromatic carbocycles. The highest BCUT2D eigenvalue weighted by molar-refractivity contribution is 5.88. The van der Waals surface area contributed by atoms with Crippen LogP contribution >= 0.6 is 0 Å². The summed E-state index contributed by atoms with van der Waals surface area (Å²) in [5.41, 5.74) is -1.20.